The van der Waals surface area contributed by atoms with Gasteiger partial charge in [0.2, 0.25) is 0 Å². The molecule has 0 unspecified atom stereocenters. The van der Waals surface area contributed by atoms with Crippen LogP contribution >= 0.6 is 24.0 Å². The number of benzene rings is 6. The number of carbonyl (C=O) groups excluding carboxylic acids is 6. The maximum atomic E-state index is 11.7. The number of ketones is 6. The van der Waals surface area contributed by atoms with Crippen molar-refractivity contribution in [3.05, 3.63) is 203 Å². The van der Waals surface area contributed by atoms with Gasteiger partial charge in [-0.15, -0.1) is 35.1 Å². The predicted octanol–water partition coefficient (Wildman–Crippen LogP) is 18.7. The molecular formula is C102H140IN13O8Si2. The molecule has 0 bridgehead atoms. The number of aromatic nitrogens is 4. The Labute approximate surface area is 768 Å². The summed E-state index contributed by atoms with van der Waals surface area (Å²) in [5, 5.41) is 17.5. The summed E-state index contributed by atoms with van der Waals surface area (Å²) >= 11 is 0. The molecule has 0 atom stereocenters. The first-order valence-corrected chi connectivity index (χ1v) is 51.7. The summed E-state index contributed by atoms with van der Waals surface area (Å²) in [4.78, 5) is 93.1. The molecule has 6 aliphatic rings. The molecule has 0 radical (unpaired) electrons. The number of nitrogens with two attached hydrogens (primary N) is 2. The van der Waals surface area contributed by atoms with Crippen molar-refractivity contribution in [3.8, 4) is 22.9 Å². The number of Topliss-reactive ketones (excluding diaryl/α,β-unsaturated/α-hetero) is 6. The summed E-state index contributed by atoms with van der Waals surface area (Å²) in [5.74, 6) is 6.53. The van der Waals surface area contributed by atoms with E-state index in [2.05, 4.69) is 223 Å². The Morgan fingerprint density at radius 3 is 0.897 bits per heavy atom. The second-order valence-corrected chi connectivity index (χ2v) is 46.3. The van der Waals surface area contributed by atoms with Crippen LogP contribution in [0.5, 0.6) is 0 Å². The Kier molecular flexibility index (Phi) is 38.9. The lowest BCUT2D eigenvalue weighted by Gasteiger charge is -2.30. The van der Waals surface area contributed by atoms with E-state index in [4.69, 9.17) is 10.8 Å². The highest BCUT2D eigenvalue weighted by atomic mass is 127. The Morgan fingerprint density at radius 1 is 0.357 bits per heavy atom. The van der Waals surface area contributed by atoms with Crippen LogP contribution in [0.2, 0.25) is 39.3 Å². The third-order valence-electron chi connectivity index (χ3n) is 24.3. The monoisotopic (exact) mass is 1860 g/mol. The van der Waals surface area contributed by atoms with E-state index in [0.29, 0.717) is 52.8 Å². The lowest BCUT2D eigenvalue weighted by molar-refractivity contribution is -0.121. The van der Waals surface area contributed by atoms with Crippen molar-refractivity contribution >= 4 is 136 Å². The van der Waals surface area contributed by atoms with Crippen LogP contribution < -0.4 is 16.8 Å². The standard InChI is InChI=1S/C19H28N2OSi.3C16H20N2O.C15H18N2O2.C13H17NOSi.C6H11NO.CH5N.HI/c1-15(22)17-7-6-16(10-13-23(3,4)5)19(14-17)20-18-8-11-21(2)12-9-18;3*1-12(19)14-4-3-13-5-10-18(16(13)11-14)15-6-8-17(2)9-7-15;1-16-7-5-13(6-8-16)17-9-4-11-2-3-12(15(18)19)10-14(11)17;1-10(15)12-6-5-11(13(14)9-12)7-8-16(2,3)4;1-7-4-2-6(8)3-5-7;1-2;/h6-7,14,18,20H,8-9,11-12H2,1-5H3;3*3-5,10-11,15H,6-9H2,1-2H3;2-4,9-10,13H,5-8H2,1H3,(H,18,19);5-6,9H,14H2,1-4H3;2-5H2,1H3;2H2,1H3;1H. The molecule has 24 heteroatoms. The molecule has 0 aliphatic carbocycles. The van der Waals surface area contributed by atoms with E-state index >= 15 is 0 Å². The van der Waals surface area contributed by atoms with Gasteiger partial charge >= 0.3 is 5.97 Å². The average molecular weight is 1860 g/mol. The number of carboxylic acid groups (broad SMARTS) is 1. The van der Waals surface area contributed by atoms with Crippen molar-refractivity contribution in [1.29, 1.82) is 0 Å². The first-order valence-electron chi connectivity index (χ1n) is 44.7. The van der Waals surface area contributed by atoms with Gasteiger partial charge in [0, 0.05) is 148 Å². The first kappa shape index (κ1) is 102. The zero-order valence-corrected chi connectivity index (χ0v) is 82.5. The number of carboxylic acids is 1. The van der Waals surface area contributed by atoms with E-state index in [0.717, 1.165) is 167 Å². The number of carbonyl (C=O) groups is 7. The summed E-state index contributed by atoms with van der Waals surface area (Å²) in [6, 6.07) is 45.7. The molecule has 4 aromatic heterocycles. The number of anilines is 2. The average Bonchev–Trinajstić information content (AvgIpc) is 1.66. The molecule has 6 saturated heterocycles. The zero-order valence-electron chi connectivity index (χ0n) is 78.2. The summed E-state index contributed by atoms with van der Waals surface area (Å²) < 4.78 is 9.31. The van der Waals surface area contributed by atoms with Crippen LogP contribution in [-0.2, 0) is 4.79 Å². The number of rotatable bonds is 12. The van der Waals surface area contributed by atoms with E-state index in [9.17, 15) is 33.6 Å². The summed E-state index contributed by atoms with van der Waals surface area (Å²) in [6.07, 6.45) is 21.7. The van der Waals surface area contributed by atoms with Gasteiger partial charge < -0.3 is 69.6 Å². The molecule has 10 aromatic rings. The van der Waals surface area contributed by atoms with E-state index in [1.165, 1.54) is 85.2 Å². The Balaban J connectivity index is 0.000000183. The van der Waals surface area contributed by atoms with E-state index in [1.54, 1.807) is 52.0 Å². The first-order chi connectivity index (χ1) is 59.4. The molecular weight excluding hydrogens is 1720 g/mol. The molecule has 6 fully saturated rings. The quantitative estimate of drug-likeness (QED) is 0.0292. The third kappa shape index (κ3) is 30.4. The highest BCUT2D eigenvalue weighted by molar-refractivity contribution is 14.0. The number of aromatic carboxylic acids is 1. The fraction of sp³-hybridized carbons (Fsp3) is 0.461. The van der Waals surface area contributed by atoms with Gasteiger partial charge in [0.05, 0.1) is 11.3 Å². The van der Waals surface area contributed by atoms with Crippen LogP contribution in [0.25, 0.3) is 43.6 Å². The number of nitrogen functional groups attached to an aromatic ring is 1. The summed E-state index contributed by atoms with van der Waals surface area (Å²) in [5.41, 5.74) is 29.2. The van der Waals surface area contributed by atoms with Crippen molar-refractivity contribution in [1.82, 2.24) is 47.7 Å². The van der Waals surface area contributed by atoms with Crippen LogP contribution in [0.4, 0.5) is 11.4 Å². The van der Waals surface area contributed by atoms with Crippen LogP contribution in [0.1, 0.15) is 209 Å². The Bertz CT molecular complexity index is 5020. The van der Waals surface area contributed by atoms with Gasteiger partial charge in [0.1, 0.15) is 21.9 Å². The van der Waals surface area contributed by atoms with Crippen molar-refractivity contribution in [2.75, 3.05) is 139 Å². The molecule has 0 saturated carbocycles. The van der Waals surface area contributed by atoms with Crippen molar-refractivity contribution in [2.24, 2.45) is 5.73 Å². The molecule has 0 spiro atoms. The fourth-order valence-electron chi connectivity index (χ4n) is 16.4. The molecule has 21 nitrogen and oxygen atoms in total. The SMILES string of the molecule is CC(=O)c1ccc(C#C[Si](C)(C)C)c(N)c1.CC(=O)c1ccc(C#C[Si](C)(C)C)c(NC2CCN(C)CC2)c1.CC(=O)c1ccc2ccn(C3CCN(C)CC3)c2c1.CC(=O)c1ccc2ccn(C3CCN(C)CC3)c2c1.CC(=O)c1ccc2ccn(C3CCN(C)CC3)c2c1.CN.CN1CCC(=O)CC1.CN1CCC(n2ccc3ccc(C(=O)O)cc32)CC1.I. The molecule has 6 aromatic carbocycles. The van der Waals surface area contributed by atoms with Gasteiger partial charge in [0.15, 0.2) is 28.9 Å². The molecule has 6 N–H and O–H groups in total. The molecule has 676 valence electrons. The largest absolute Gasteiger partial charge is 0.478 e. The van der Waals surface area contributed by atoms with Crippen LogP contribution in [-0.4, -0.2) is 244 Å². The van der Waals surface area contributed by atoms with Gasteiger partial charge in [-0.2, -0.15) is 0 Å². The Morgan fingerprint density at radius 2 is 0.611 bits per heavy atom. The topological polar surface area (TPSA) is 243 Å². The number of nitrogens with zero attached hydrogens (tertiary/aromatic N) is 10. The number of nitrogens with one attached hydrogen (secondary N) is 1. The summed E-state index contributed by atoms with van der Waals surface area (Å²) in [7, 11) is 11.6. The zero-order chi connectivity index (χ0) is 91.0. The van der Waals surface area contributed by atoms with Gasteiger partial charge in [-0.1, -0.05) is 106 Å². The van der Waals surface area contributed by atoms with Gasteiger partial charge in [-0.3, -0.25) is 28.8 Å². The number of piperidine rings is 6. The predicted molar refractivity (Wildman–Crippen MR) is 537 cm³/mol. The third-order valence-corrected chi connectivity index (χ3v) is 26.1. The molecule has 16 rings (SSSR count). The van der Waals surface area contributed by atoms with Gasteiger partial charge in [0.25, 0.3) is 0 Å². The van der Waals surface area contributed by atoms with Crippen molar-refractivity contribution in [3.63, 3.8) is 0 Å². The molecule has 0 amide bonds. The second-order valence-electron chi connectivity index (χ2n) is 36.8. The number of hydrogen-bond donors (Lipinski definition) is 4. The van der Waals surface area contributed by atoms with Crippen LogP contribution in [0, 0.1) is 22.9 Å². The van der Waals surface area contributed by atoms with E-state index in [1.807, 2.05) is 73.8 Å². The van der Waals surface area contributed by atoms with E-state index < -0.39 is 22.1 Å². The van der Waals surface area contributed by atoms with Crippen molar-refractivity contribution in [2.45, 2.75) is 181 Å². The molecule has 126 heavy (non-hydrogen) atoms. The number of likely N-dealkylation sites (tertiary alicyclic amines) is 6. The maximum Gasteiger partial charge on any atom is 0.335 e. The van der Waals surface area contributed by atoms with Crippen LogP contribution in [0.3, 0.4) is 0 Å². The van der Waals surface area contributed by atoms with Gasteiger partial charge in [-0.05, 0) is 314 Å². The van der Waals surface area contributed by atoms with Crippen molar-refractivity contribution < 1.29 is 38.7 Å². The van der Waals surface area contributed by atoms with E-state index in [-0.39, 0.29) is 52.9 Å². The number of halogens is 1. The maximum absolute atomic E-state index is 11.7. The second kappa shape index (κ2) is 48.1. The fourth-order valence-corrected chi connectivity index (χ4v) is 17.4. The van der Waals surface area contributed by atoms with Crippen LogP contribution in [0.15, 0.2) is 158 Å². The lowest BCUT2D eigenvalue weighted by Crippen LogP contribution is -2.36. The summed E-state index contributed by atoms with van der Waals surface area (Å²) in [6.45, 7) is 34.5. The minimum absolute atomic E-state index is 0. The molecule has 10 heterocycles. The lowest BCUT2D eigenvalue weighted by atomic mass is 10.0. The highest BCUT2D eigenvalue weighted by Gasteiger charge is 2.26. The Hall–Kier alpha value is -9.43. The van der Waals surface area contributed by atoms with Gasteiger partial charge in [-0.25, -0.2) is 4.79 Å². The highest BCUT2D eigenvalue weighted by Crippen LogP contribution is 2.34. The minimum Gasteiger partial charge on any atom is -0.478 e. The normalized spacial score (nSPS) is 16.8. The number of hydrogen-bond acceptors (Lipinski definition) is 16. The number of fused-ring (bicyclic) bond motifs is 4. The molecule has 6 aliphatic heterocycles. The smallest absolute Gasteiger partial charge is 0.335 e. The minimum atomic E-state index is -1.42.